The summed E-state index contributed by atoms with van der Waals surface area (Å²) in [6.45, 7) is 1.96. The van der Waals surface area contributed by atoms with Gasteiger partial charge in [0.1, 0.15) is 11.3 Å². The molecule has 4 aromatic rings. The summed E-state index contributed by atoms with van der Waals surface area (Å²) in [5.41, 5.74) is 2.39. The number of rotatable bonds is 5. The number of aromatic hydroxyl groups is 1. The highest BCUT2D eigenvalue weighted by atomic mass is 32.2. The largest absolute Gasteiger partial charge is 0.508 e. The molecular formula is C19H16N4O3S. The summed E-state index contributed by atoms with van der Waals surface area (Å²) in [5.74, 6) is 0.620. The Kier molecular flexibility index (Phi) is 4.64. The molecule has 0 fully saturated rings. The smallest absolute Gasteiger partial charge is 0.336 e. The van der Waals surface area contributed by atoms with Gasteiger partial charge in [-0.1, -0.05) is 36.9 Å². The Morgan fingerprint density at radius 3 is 2.74 bits per heavy atom. The molecule has 0 unspecified atom stereocenters. The average molecular weight is 380 g/mol. The Bertz CT molecular complexity index is 1150. The van der Waals surface area contributed by atoms with Crippen LogP contribution in [0.5, 0.6) is 5.75 Å². The number of para-hydroxylation sites is 1. The van der Waals surface area contributed by atoms with Crippen molar-refractivity contribution in [2.75, 3.05) is 0 Å². The second-order valence-electron chi connectivity index (χ2n) is 5.92. The lowest BCUT2D eigenvalue weighted by molar-refractivity contribution is 0.466. The molecule has 0 saturated heterocycles. The molecule has 0 spiro atoms. The van der Waals surface area contributed by atoms with Crippen LogP contribution >= 0.6 is 11.8 Å². The maximum absolute atomic E-state index is 11.9. The normalized spacial score (nSPS) is 11.1. The van der Waals surface area contributed by atoms with Gasteiger partial charge in [-0.15, -0.1) is 5.10 Å². The van der Waals surface area contributed by atoms with E-state index in [1.165, 1.54) is 23.9 Å². The van der Waals surface area contributed by atoms with Crippen LogP contribution in [0, 0.1) is 0 Å². The molecule has 136 valence electrons. The van der Waals surface area contributed by atoms with Crippen LogP contribution in [-0.4, -0.2) is 25.3 Å². The van der Waals surface area contributed by atoms with E-state index in [4.69, 9.17) is 4.42 Å². The summed E-state index contributed by atoms with van der Waals surface area (Å²) < 4.78 is 6.90. The van der Waals surface area contributed by atoms with Gasteiger partial charge in [0, 0.05) is 23.3 Å². The number of aromatic nitrogens is 4. The van der Waals surface area contributed by atoms with Crippen molar-refractivity contribution in [3.05, 3.63) is 70.1 Å². The standard InChI is InChI=1S/C19H16N4O3S/c1-2-12-8-15-13(9-18(25)26-17(15)10-16(12)24)11-27-19-20-21-22-23(19)14-6-4-3-5-7-14/h3-10,24H,2,11H2,1H3. The number of hydrogen-bond acceptors (Lipinski definition) is 7. The van der Waals surface area contributed by atoms with E-state index in [2.05, 4.69) is 15.5 Å². The molecule has 0 amide bonds. The molecule has 7 nitrogen and oxygen atoms in total. The van der Waals surface area contributed by atoms with Gasteiger partial charge in [-0.2, -0.15) is 4.68 Å². The van der Waals surface area contributed by atoms with Crippen LogP contribution in [0.3, 0.4) is 0 Å². The predicted molar refractivity (Wildman–Crippen MR) is 102 cm³/mol. The molecule has 0 aliphatic rings. The van der Waals surface area contributed by atoms with Gasteiger partial charge in [0.15, 0.2) is 0 Å². The van der Waals surface area contributed by atoms with Gasteiger partial charge in [0.2, 0.25) is 5.16 Å². The van der Waals surface area contributed by atoms with Gasteiger partial charge in [-0.3, -0.25) is 0 Å². The zero-order chi connectivity index (χ0) is 18.8. The minimum Gasteiger partial charge on any atom is -0.508 e. The Hall–Kier alpha value is -3.13. The molecule has 0 bridgehead atoms. The van der Waals surface area contributed by atoms with Crippen LogP contribution in [0.25, 0.3) is 16.7 Å². The van der Waals surface area contributed by atoms with Crippen LogP contribution in [0.2, 0.25) is 0 Å². The molecule has 0 saturated carbocycles. The SMILES string of the molecule is CCc1cc2c(CSc3nnnn3-c3ccccc3)cc(=O)oc2cc1O. The number of tetrazole rings is 1. The summed E-state index contributed by atoms with van der Waals surface area (Å²) in [5, 5.41) is 23.3. The van der Waals surface area contributed by atoms with E-state index in [1.807, 2.05) is 43.3 Å². The van der Waals surface area contributed by atoms with Crippen LogP contribution in [0.15, 0.2) is 62.9 Å². The van der Waals surface area contributed by atoms with E-state index in [9.17, 15) is 9.90 Å². The Labute approximate surface area is 158 Å². The lowest BCUT2D eigenvalue weighted by Crippen LogP contribution is -2.02. The minimum atomic E-state index is -0.454. The lowest BCUT2D eigenvalue weighted by Gasteiger charge is -2.08. The Balaban J connectivity index is 1.69. The highest BCUT2D eigenvalue weighted by molar-refractivity contribution is 7.98. The first-order valence-corrected chi connectivity index (χ1v) is 9.39. The number of hydrogen-bond donors (Lipinski definition) is 1. The Morgan fingerprint density at radius 1 is 1.15 bits per heavy atom. The van der Waals surface area contributed by atoms with E-state index in [0.717, 1.165) is 22.2 Å². The quantitative estimate of drug-likeness (QED) is 0.419. The van der Waals surface area contributed by atoms with E-state index in [-0.39, 0.29) is 5.75 Å². The van der Waals surface area contributed by atoms with Crippen molar-refractivity contribution in [1.82, 2.24) is 20.2 Å². The van der Waals surface area contributed by atoms with E-state index < -0.39 is 5.63 Å². The molecule has 0 aliphatic carbocycles. The monoisotopic (exact) mass is 380 g/mol. The van der Waals surface area contributed by atoms with Gasteiger partial charge < -0.3 is 9.52 Å². The van der Waals surface area contributed by atoms with Crippen molar-refractivity contribution in [1.29, 1.82) is 0 Å². The van der Waals surface area contributed by atoms with Crippen molar-refractivity contribution in [2.24, 2.45) is 0 Å². The first-order chi connectivity index (χ1) is 13.2. The summed E-state index contributed by atoms with van der Waals surface area (Å²) in [7, 11) is 0. The fraction of sp³-hybridized carbons (Fsp3) is 0.158. The topological polar surface area (TPSA) is 94.0 Å². The van der Waals surface area contributed by atoms with E-state index in [1.54, 1.807) is 4.68 Å². The maximum Gasteiger partial charge on any atom is 0.336 e. The molecular weight excluding hydrogens is 364 g/mol. The van der Waals surface area contributed by atoms with Gasteiger partial charge in [-0.05, 0) is 46.2 Å². The summed E-state index contributed by atoms with van der Waals surface area (Å²) in [6, 6.07) is 14.4. The van der Waals surface area contributed by atoms with Crippen LogP contribution in [-0.2, 0) is 12.2 Å². The average Bonchev–Trinajstić information content (AvgIpc) is 3.14. The predicted octanol–water partition coefficient (Wildman–Crippen LogP) is 3.33. The third-order valence-electron chi connectivity index (χ3n) is 4.21. The van der Waals surface area contributed by atoms with Crippen molar-refractivity contribution in [2.45, 2.75) is 24.3 Å². The molecule has 2 aromatic heterocycles. The van der Waals surface area contributed by atoms with Crippen LogP contribution < -0.4 is 5.63 Å². The summed E-state index contributed by atoms with van der Waals surface area (Å²) in [4.78, 5) is 11.9. The van der Waals surface area contributed by atoms with Gasteiger partial charge >= 0.3 is 5.63 Å². The first kappa shape index (κ1) is 17.3. The molecule has 2 aromatic carbocycles. The number of thioether (sulfide) groups is 1. The number of phenolic OH excluding ortho intramolecular Hbond substituents is 1. The highest BCUT2D eigenvalue weighted by Crippen LogP contribution is 2.30. The van der Waals surface area contributed by atoms with Crippen LogP contribution in [0.1, 0.15) is 18.1 Å². The lowest BCUT2D eigenvalue weighted by atomic mass is 10.1. The molecule has 2 heterocycles. The third-order valence-corrected chi connectivity index (χ3v) is 5.18. The summed E-state index contributed by atoms with van der Waals surface area (Å²) >= 11 is 1.43. The van der Waals surface area contributed by atoms with Crippen molar-refractivity contribution in [3.8, 4) is 11.4 Å². The molecule has 8 heteroatoms. The number of nitrogens with zero attached hydrogens (tertiary/aromatic N) is 4. The maximum atomic E-state index is 11.9. The van der Waals surface area contributed by atoms with Crippen LogP contribution in [0.4, 0.5) is 0 Å². The molecule has 0 radical (unpaired) electrons. The molecule has 4 rings (SSSR count). The zero-order valence-electron chi connectivity index (χ0n) is 14.5. The fourth-order valence-electron chi connectivity index (χ4n) is 2.85. The molecule has 1 N–H and O–H groups in total. The number of benzene rings is 2. The van der Waals surface area contributed by atoms with Crippen molar-refractivity contribution >= 4 is 22.7 Å². The molecule has 0 aliphatic heterocycles. The van der Waals surface area contributed by atoms with Crippen molar-refractivity contribution in [3.63, 3.8) is 0 Å². The molecule has 27 heavy (non-hydrogen) atoms. The number of phenols is 1. The van der Waals surface area contributed by atoms with Crippen molar-refractivity contribution < 1.29 is 9.52 Å². The fourth-order valence-corrected chi connectivity index (χ4v) is 3.73. The van der Waals surface area contributed by atoms with Gasteiger partial charge in [0.05, 0.1) is 5.69 Å². The van der Waals surface area contributed by atoms with E-state index in [0.29, 0.717) is 22.9 Å². The Morgan fingerprint density at radius 2 is 1.96 bits per heavy atom. The minimum absolute atomic E-state index is 0.131. The number of fused-ring (bicyclic) bond motifs is 1. The molecule has 0 atom stereocenters. The third kappa shape index (κ3) is 3.43. The second kappa shape index (κ2) is 7.24. The first-order valence-electron chi connectivity index (χ1n) is 8.41. The van der Waals surface area contributed by atoms with Gasteiger partial charge in [-0.25, -0.2) is 4.79 Å². The van der Waals surface area contributed by atoms with E-state index >= 15 is 0 Å². The zero-order valence-corrected chi connectivity index (χ0v) is 15.3. The highest BCUT2D eigenvalue weighted by Gasteiger charge is 2.13. The second-order valence-corrected chi connectivity index (χ2v) is 6.86. The van der Waals surface area contributed by atoms with Gasteiger partial charge in [0.25, 0.3) is 0 Å². The number of aryl methyl sites for hydroxylation is 1. The summed E-state index contributed by atoms with van der Waals surface area (Å²) in [6.07, 6.45) is 0.680.